The summed E-state index contributed by atoms with van der Waals surface area (Å²) in [7, 11) is 0. The van der Waals surface area contributed by atoms with Crippen molar-refractivity contribution >= 4 is 17.3 Å². The minimum Gasteiger partial charge on any atom is -0.399 e. The lowest BCUT2D eigenvalue weighted by molar-refractivity contribution is -0.201. The predicted molar refractivity (Wildman–Crippen MR) is 160 cm³/mol. The minimum absolute atomic E-state index is 0.00162. The minimum atomic E-state index is -1.37. The molecule has 2 aromatic rings. The number of aliphatic hydroxyl groups excluding tert-OH is 2. The molecule has 7 nitrogen and oxygen atoms in total. The van der Waals surface area contributed by atoms with Crippen molar-refractivity contribution in [1.82, 2.24) is 0 Å². The fraction of sp³-hybridized carbons (Fsp3) is 0.444. The molecular formula is C36H37NO6. The molecule has 3 saturated carbocycles. The molecule has 0 spiro atoms. The van der Waals surface area contributed by atoms with Crippen LogP contribution >= 0.6 is 0 Å². The molecule has 0 radical (unpaired) electrons. The number of anilines is 1. The zero-order valence-electron chi connectivity index (χ0n) is 24.5. The molecule has 0 bridgehead atoms. The van der Waals surface area contributed by atoms with E-state index in [-0.39, 0.29) is 23.5 Å². The van der Waals surface area contributed by atoms with E-state index in [1.165, 1.54) is 0 Å². The van der Waals surface area contributed by atoms with Gasteiger partial charge in [-0.25, -0.2) is 0 Å². The summed E-state index contributed by atoms with van der Waals surface area (Å²) in [4.78, 5) is 25.9. The summed E-state index contributed by atoms with van der Waals surface area (Å²) >= 11 is 0. The number of carbonyl (C=O) groups excluding carboxylic acids is 2. The van der Waals surface area contributed by atoms with Crippen molar-refractivity contribution < 1.29 is 29.3 Å². The average molecular weight is 580 g/mol. The molecular weight excluding hydrogens is 542 g/mol. The van der Waals surface area contributed by atoms with Crippen LogP contribution in [0.25, 0.3) is 0 Å². The van der Waals surface area contributed by atoms with Gasteiger partial charge in [0.05, 0.1) is 12.2 Å². The Bertz CT molecular complexity index is 1620. The van der Waals surface area contributed by atoms with E-state index in [1.807, 2.05) is 61.5 Å². The van der Waals surface area contributed by atoms with Gasteiger partial charge in [-0.2, -0.15) is 0 Å². The van der Waals surface area contributed by atoms with Crippen LogP contribution in [0.5, 0.6) is 0 Å². The second-order valence-electron chi connectivity index (χ2n) is 13.3. The molecule has 2 aromatic carbocycles. The molecule has 7 heteroatoms. The quantitative estimate of drug-likeness (QED) is 0.367. The van der Waals surface area contributed by atoms with Crippen LogP contribution in [0.2, 0.25) is 0 Å². The number of nitrogens with two attached hydrogens (primary N) is 1. The number of carbonyl (C=O) groups is 2. The Morgan fingerprint density at radius 1 is 1.12 bits per heavy atom. The summed E-state index contributed by atoms with van der Waals surface area (Å²) in [6, 6.07) is 15.0. The van der Waals surface area contributed by atoms with Crippen molar-refractivity contribution in [3.05, 3.63) is 89.0 Å². The number of ether oxygens (including phenoxy) is 2. The zero-order valence-corrected chi connectivity index (χ0v) is 24.5. The van der Waals surface area contributed by atoms with E-state index in [9.17, 15) is 19.8 Å². The van der Waals surface area contributed by atoms with Crippen molar-refractivity contribution in [3.8, 4) is 11.8 Å². The van der Waals surface area contributed by atoms with Crippen LogP contribution in [0.1, 0.15) is 62.5 Å². The molecule has 5 aliphatic rings. The summed E-state index contributed by atoms with van der Waals surface area (Å²) in [5.74, 6) is 5.97. The maximum absolute atomic E-state index is 13.7. The van der Waals surface area contributed by atoms with Gasteiger partial charge in [-0.3, -0.25) is 9.59 Å². The van der Waals surface area contributed by atoms with Crippen LogP contribution in [0.3, 0.4) is 0 Å². The Morgan fingerprint density at radius 3 is 2.63 bits per heavy atom. The SMILES string of the molecule is C[C@]12C=CC(=O)C=C1CC[C@@H]1[C@@H]2[C@@H](O)C[C@@]2(C)[C@H]1C[C@H]1O[C@H](c3ccc(C#Cc4cccc(N)c4)cc3)O[C@]12C(=O)CO. The number of nitrogen functional groups attached to an aromatic ring is 1. The summed E-state index contributed by atoms with van der Waals surface area (Å²) in [6.07, 6.45) is 5.85. The Morgan fingerprint density at radius 2 is 1.88 bits per heavy atom. The molecule has 1 heterocycles. The van der Waals surface area contributed by atoms with Gasteiger partial charge in [-0.05, 0) is 80.0 Å². The van der Waals surface area contributed by atoms with Crippen LogP contribution < -0.4 is 5.73 Å². The normalized spacial score (nSPS) is 39.1. The van der Waals surface area contributed by atoms with Crippen molar-refractivity contribution in [3.63, 3.8) is 0 Å². The molecule has 0 unspecified atom stereocenters. The van der Waals surface area contributed by atoms with Crippen LogP contribution in [0.4, 0.5) is 5.69 Å². The molecule has 7 rings (SSSR count). The van der Waals surface area contributed by atoms with Crippen molar-refractivity contribution in [1.29, 1.82) is 0 Å². The largest absolute Gasteiger partial charge is 0.399 e. The number of hydrogen-bond donors (Lipinski definition) is 3. The first-order valence-corrected chi connectivity index (χ1v) is 15.2. The Hall–Kier alpha value is -3.54. The highest BCUT2D eigenvalue weighted by Crippen LogP contribution is 2.70. The van der Waals surface area contributed by atoms with Gasteiger partial charge < -0.3 is 25.4 Å². The summed E-state index contributed by atoms with van der Waals surface area (Å²) < 4.78 is 13.2. The van der Waals surface area contributed by atoms with Crippen LogP contribution in [-0.4, -0.2) is 46.2 Å². The van der Waals surface area contributed by atoms with Crippen LogP contribution in [0.15, 0.2) is 72.3 Å². The first-order valence-electron chi connectivity index (χ1n) is 15.2. The number of aliphatic hydroxyl groups is 2. The fourth-order valence-corrected chi connectivity index (χ4v) is 9.32. The average Bonchev–Trinajstić information content (AvgIpc) is 3.49. The van der Waals surface area contributed by atoms with E-state index < -0.39 is 47.3 Å². The van der Waals surface area contributed by atoms with Gasteiger partial charge in [0.25, 0.3) is 0 Å². The number of benzene rings is 2. The smallest absolute Gasteiger partial charge is 0.193 e. The maximum Gasteiger partial charge on any atom is 0.193 e. The standard InChI is InChI=1S/C36H37NO6/c1-34-15-14-26(39)17-24(34)12-13-27-28-18-31-36(30(41)20-38,35(28,2)19-29(40)32(27)34)43-33(42-31)23-10-8-21(9-11-23)6-7-22-4-3-5-25(37)16-22/h3-5,8-11,14-17,27-29,31-33,38,40H,12-13,18-20,37H2,1-2H3/t27-,28-,29-,31+,32+,33-,34-,35-,36+/m0/s1. The number of hydrogen-bond acceptors (Lipinski definition) is 7. The van der Waals surface area contributed by atoms with Crippen LogP contribution in [-0.2, 0) is 19.1 Å². The number of Topliss-reactive ketones (excluding diaryl/α,β-unsaturated/α-hetero) is 1. The third kappa shape index (κ3) is 4.12. The predicted octanol–water partition coefficient (Wildman–Crippen LogP) is 4.27. The van der Waals surface area contributed by atoms with Gasteiger partial charge >= 0.3 is 0 Å². The summed E-state index contributed by atoms with van der Waals surface area (Å²) in [5.41, 5.74) is 7.49. The highest BCUT2D eigenvalue weighted by atomic mass is 16.7. The number of fused-ring (bicyclic) bond motifs is 7. The first kappa shape index (κ1) is 28.2. The summed E-state index contributed by atoms with van der Waals surface area (Å²) in [6.45, 7) is 3.51. The highest BCUT2D eigenvalue weighted by Gasteiger charge is 2.75. The van der Waals surface area contributed by atoms with Crippen molar-refractivity contribution in [2.24, 2.45) is 28.6 Å². The van der Waals surface area contributed by atoms with E-state index in [0.717, 1.165) is 35.1 Å². The molecule has 1 aliphatic heterocycles. The molecule has 0 aromatic heterocycles. The lowest BCUT2D eigenvalue weighted by Gasteiger charge is -2.59. The number of allylic oxidation sites excluding steroid dienone is 4. The van der Waals surface area contributed by atoms with Gasteiger partial charge in [0.2, 0.25) is 0 Å². The molecule has 4 N–H and O–H groups in total. The third-order valence-corrected chi connectivity index (χ3v) is 11.2. The Labute approximate surface area is 251 Å². The molecule has 4 aliphatic carbocycles. The van der Waals surface area contributed by atoms with Gasteiger partial charge in [0.1, 0.15) is 6.61 Å². The molecule has 43 heavy (non-hydrogen) atoms. The van der Waals surface area contributed by atoms with E-state index in [1.54, 1.807) is 12.2 Å². The Balaban J connectivity index is 1.17. The van der Waals surface area contributed by atoms with Crippen LogP contribution in [0, 0.1) is 40.4 Å². The first-order chi connectivity index (χ1) is 20.6. The second-order valence-corrected chi connectivity index (χ2v) is 13.3. The van der Waals surface area contributed by atoms with Gasteiger partial charge in [-0.15, -0.1) is 0 Å². The van der Waals surface area contributed by atoms with Crippen molar-refractivity contribution in [2.75, 3.05) is 12.3 Å². The van der Waals surface area contributed by atoms with E-state index in [4.69, 9.17) is 15.2 Å². The monoisotopic (exact) mass is 579 g/mol. The molecule has 0 amide bonds. The number of ketones is 2. The van der Waals surface area contributed by atoms with Gasteiger partial charge in [0, 0.05) is 39.1 Å². The van der Waals surface area contributed by atoms with Crippen molar-refractivity contribution in [2.45, 2.75) is 63.6 Å². The fourth-order valence-electron chi connectivity index (χ4n) is 9.32. The molecule has 9 atom stereocenters. The third-order valence-electron chi connectivity index (χ3n) is 11.2. The maximum atomic E-state index is 13.7. The van der Waals surface area contributed by atoms with E-state index >= 15 is 0 Å². The van der Waals surface area contributed by atoms with Gasteiger partial charge in [0.15, 0.2) is 23.5 Å². The topological polar surface area (TPSA) is 119 Å². The summed E-state index contributed by atoms with van der Waals surface area (Å²) in [5, 5.41) is 22.0. The number of rotatable bonds is 3. The van der Waals surface area contributed by atoms with E-state index in [0.29, 0.717) is 18.5 Å². The lowest BCUT2D eigenvalue weighted by Crippen LogP contribution is -2.63. The second kappa shape index (κ2) is 10.0. The molecule has 4 fully saturated rings. The molecule has 222 valence electrons. The Kier molecular flexibility index (Phi) is 6.57. The highest BCUT2D eigenvalue weighted by molar-refractivity contribution is 6.01. The zero-order chi connectivity index (χ0) is 30.1. The van der Waals surface area contributed by atoms with Gasteiger partial charge in [-0.1, -0.05) is 55.5 Å². The molecule has 1 saturated heterocycles. The van der Waals surface area contributed by atoms with E-state index in [2.05, 4.69) is 18.8 Å². The lowest BCUT2D eigenvalue weighted by atomic mass is 9.46.